The van der Waals surface area contributed by atoms with Crippen molar-refractivity contribution in [2.45, 2.75) is 0 Å². The first-order valence-corrected chi connectivity index (χ1v) is 4.53. The minimum atomic E-state index is -0.472. The summed E-state index contributed by atoms with van der Waals surface area (Å²) in [7, 11) is 0. The average Bonchev–Trinajstić information content (AvgIpc) is 2.25. The molecule has 0 saturated heterocycles. The van der Waals surface area contributed by atoms with Gasteiger partial charge in [-0.05, 0) is 24.3 Å². The van der Waals surface area contributed by atoms with Crippen molar-refractivity contribution in [3.8, 4) is 0 Å². The van der Waals surface area contributed by atoms with Crippen LogP contribution in [0.25, 0.3) is 0 Å². The zero-order valence-corrected chi connectivity index (χ0v) is 7.87. The molecule has 0 amide bonds. The molecule has 0 aliphatic heterocycles. The van der Waals surface area contributed by atoms with E-state index in [0.29, 0.717) is 0 Å². The molecule has 0 spiro atoms. The van der Waals surface area contributed by atoms with Crippen LogP contribution in [0.15, 0.2) is 48.5 Å². The normalized spacial score (nSPS) is 10.0. The van der Waals surface area contributed by atoms with Gasteiger partial charge in [0.15, 0.2) is 0 Å². The molecule has 1 N–H and O–H groups in total. The molecule has 0 saturated carbocycles. The van der Waals surface area contributed by atoms with E-state index >= 15 is 0 Å². The van der Waals surface area contributed by atoms with Crippen molar-refractivity contribution in [1.29, 1.82) is 0 Å². The lowest BCUT2D eigenvalue weighted by molar-refractivity contribution is 0.603. The molecule has 2 aromatic rings. The summed E-state index contributed by atoms with van der Waals surface area (Å²) in [6.45, 7) is 0. The molecule has 2 rings (SSSR count). The number of hydrogen-bond donors (Lipinski definition) is 1. The Balaban J connectivity index is 2.28. The van der Waals surface area contributed by atoms with Gasteiger partial charge in [-0.3, -0.25) is 0 Å². The van der Waals surface area contributed by atoms with Gasteiger partial charge in [-0.1, -0.05) is 18.2 Å². The predicted molar refractivity (Wildman–Crippen MR) is 56.1 cm³/mol. The topological polar surface area (TPSA) is 12.0 Å². The second-order valence-electron chi connectivity index (χ2n) is 3.12. The van der Waals surface area contributed by atoms with Gasteiger partial charge < -0.3 is 5.32 Å². The maximum absolute atomic E-state index is 13.2. The summed E-state index contributed by atoms with van der Waals surface area (Å²) in [6, 6.07) is 12.4. The minimum Gasteiger partial charge on any atom is -0.353 e. The van der Waals surface area contributed by atoms with Crippen LogP contribution in [0, 0.1) is 11.6 Å². The first kappa shape index (κ1) is 9.65. The van der Waals surface area contributed by atoms with Gasteiger partial charge in [-0.25, -0.2) is 8.78 Å². The standard InChI is InChI=1S/C12H9F2N/c13-9-6-7-11(14)12(8-9)15-10-4-2-1-3-5-10/h1-8,15H. The average molecular weight is 205 g/mol. The molecule has 0 aliphatic rings. The molecule has 0 unspecified atom stereocenters. The Morgan fingerprint density at radius 1 is 0.867 bits per heavy atom. The first-order valence-electron chi connectivity index (χ1n) is 4.53. The summed E-state index contributed by atoms with van der Waals surface area (Å²) in [6.07, 6.45) is 0. The smallest absolute Gasteiger partial charge is 0.146 e. The molecule has 1 nitrogen and oxygen atoms in total. The molecule has 0 radical (unpaired) electrons. The van der Waals surface area contributed by atoms with E-state index in [1.807, 2.05) is 18.2 Å². The lowest BCUT2D eigenvalue weighted by atomic mass is 10.2. The molecule has 15 heavy (non-hydrogen) atoms. The van der Waals surface area contributed by atoms with E-state index in [1.165, 1.54) is 0 Å². The Kier molecular flexibility index (Phi) is 2.63. The van der Waals surface area contributed by atoms with Gasteiger partial charge in [0.2, 0.25) is 0 Å². The molecule has 0 fully saturated rings. The fraction of sp³-hybridized carbons (Fsp3) is 0. The molecule has 0 heterocycles. The van der Waals surface area contributed by atoms with Crippen molar-refractivity contribution in [2.75, 3.05) is 5.32 Å². The highest BCUT2D eigenvalue weighted by Gasteiger charge is 2.03. The fourth-order valence-corrected chi connectivity index (χ4v) is 1.27. The lowest BCUT2D eigenvalue weighted by Gasteiger charge is -2.06. The van der Waals surface area contributed by atoms with Gasteiger partial charge in [0, 0.05) is 11.8 Å². The van der Waals surface area contributed by atoms with Gasteiger partial charge >= 0.3 is 0 Å². The molecule has 76 valence electrons. The summed E-state index contributed by atoms with van der Waals surface area (Å²) in [5.41, 5.74) is 0.864. The maximum atomic E-state index is 13.2. The van der Waals surface area contributed by atoms with E-state index in [0.717, 1.165) is 23.9 Å². The van der Waals surface area contributed by atoms with Crippen LogP contribution in [0.3, 0.4) is 0 Å². The third kappa shape index (κ3) is 2.31. The number of benzene rings is 2. The van der Waals surface area contributed by atoms with E-state index in [-0.39, 0.29) is 5.69 Å². The molecular formula is C12H9F2N. The molecular weight excluding hydrogens is 196 g/mol. The Labute approximate surface area is 86.4 Å². The quantitative estimate of drug-likeness (QED) is 0.788. The van der Waals surface area contributed by atoms with Gasteiger partial charge in [0.05, 0.1) is 5.69 Å². The SMILES string of the molecule is Fc1ccc(F)c(Nc2ccccc2)c1. The van der Waals surface area contributed by atoms with E-state index in [2.05, 4.69) is 5.32 Å². The molecule has 3 heteroatoms. The third-order valence-corrected chi connectivity index (χ3v) is 1.98. The van der Waals surface area contributed by atoms with Crippen LogP contribution < -0.4 is 5.32 Å². The van der Waals surface area contributed by atoms with E-state index in [4.69, 9.17) is 0 Å². The highest BCUT2D eigenvalue weighted by atomic mass is 19.1. The monoisotopic (exact) mass is 205 g/mol. The van der Waals surface area contributed by atoms with Crippen molar-refractivity contribution in [3.05, 3.63) is 60.2 Å². The summed E-state index contributed by atoms with van der Waals surface area (Å²) >= 11 is 0. The van der Waals surface area contributed by atoms with Gasteiger partial charge in [-0.15, -0.1) is 0 Å². The van der Waals surface area contributed by atoms with Gasteiger partial charge in [0.1, 0.15) is 11.6 Å². The van der Waals surface area contributed by atoms with Crippen LogP contribution >= 0.6 is 0 Å². The Hall–Kier alpha value is -1.90. The number of nitrogens with one attached hydrogen (secondary N) is 1. The van der Waals surface area contributed by atoms with E-state index in [1.54, 1.807) is 12.1 Å². The fourth-order valence-electron chi connectivity index (χ4n) is 1.27. The number of hydrogen-bond acceptors (Lipinski definition) is 1. The Morgan fingerprint density at radius 3 is 2.33 bits per heavy atom. The van der Waals surface area contributed by atoms with Crippen molar-refractivity contribution >= 4 is 11.4 Å². The lowest BCUT2D eigenvalue weighted by Crippen LogP contribution is -1.94. The second-order valence-corrected chi connectivity index (χ2v) is 3.12. The highest BCUT2D eigenvalue weighted by Crippen LogP contribution is 2.20. The number of rotatable bonds is 2. The number of para-hydroxylation sites is 1. The van der Waals surface area contributed by atoms with Crippen LogP contribution in [0.2, 0.25) is 0 Å². The second kappa shape index (κ2) is 4.09. The van der Waals surface area contributed by atoms with Crippen molar-refractivity contribution in [2.24, 2.45) is 0 Å². The zero-order chi connectivity index (χ0) is 10.7. The summed E-state index contributed by atoms with van der Waals surface area (Å²) in [5, 5.41) is 2.80. The molecule has 0 atom stereocenters. The van der Waals surface area contributed by atoms with Crippen LogP contribution in [0.1, 0.15) is 0 Å². The van der Waals surface area contributed by atoms with Crippen molar-refractivity contribution in [1.82, 2.24) is 0 Å². The highest BCUT2D eigenvalue weighted by molar-refractivity contribution is 5.59. The molecule has 0 aliphatic carbocycles. The van der Waals surface area contributed by atoms with Crippen LogP contribution in [0.5, 0.6) is 0 Å². The Morgan fingerprint density at radius 2 is 1.60 bits per heavy atom. The van der Waals surface area contributed by atoms with E-state index < -0.39 is 11.6 Å². The van der Waals surface area contributed by atoms with Crippen molar-refractivity contribution < 1.29 is 8.78 Å². The third-order valence-electron chi connectivity index (χ3n) is 1.98. The summed E-state index contributed by atoms with van der Waals surface area (Å²) in [4.78, 5) is 0. The van der Waals surface area contributed by atoms with Gasteiger partial charge in [-0.2, -0.15) is 0 Å². The molecule has 0 bridgehead atoms. The number of halogens is 2. The van der Waals surface area contributed by atoms with Gasteiger partial charge in [0.25, 0.3) is 0 Å². The molecule has 2 aromatic carbocycles. The van der Waals surface area contributed by atoms with Crippen LogP contribution in [-0.2, 0) is 0 Å². The van der Waals surface area contributed by atoms with E-state index in [9.17, 15) is 8.78 Å². The predicted octanol–water partition coefficient (Wildman–Crippen LogP) is 3.71. The molecule has 0 aromatic heterocycles. The van der Waals surface area contributed by atoms with Crippen molar-refractivity contribution in [3.63, 3.8) is 0 Å². The van der Waals surface area contributed by atoms with Crippen LogP contribution in [-0.4, -0.2) is 0 Å². The maximum Gasteiger partial charge on any atom is 0.146 e. The minimum absolute atomic E-state index is 0.140. The summed E-state index contributed by atoms with van der Waals surface area (Å²) < 4.78 is 26.1. The van der Waals surface area contributed by atoms with Crippen LogP contribution in [0.4, 0.5) is 20.2 Å². The summed E-state index contributed by atoms with van der Waals surface area (Å²) in [5.74, 6) is -0.935. The Bertz CT molecular complexity index is 454. The largest absolute Gasteiger partial charge is 0.353 e. The zero-order valence-electron chi connectivity index (χ0n) is 7.87. The first-order chi connectivity index (χ1) is 7.25. The number of anilines is 2.